The third kappa shape index (κ3) is 3.46. The van der Waals surface area contributed by atoms with E-state index in [1.54, 1.807) is 0 Å². The Morgan fingerprint density at radius 1 is 1.06 bits per heavy atom. The maximum Gasteiger partial charge on any atom is 0.0220 e. The standard InChI is InChI=1S/C14H28N2/c1-2-15-11-14-9-5-6-10-16(14)12-13-7-3-4-8-13/h13-15H,2-12H2,1H3. The lowest BCUT2D eigenvalue weighted by atomic mass is 9.99. The van der Waals surface area contributed by atoms with Gasteiger partial charge in [0.05, 0.1) is 0 Å². The third-order valence-electron chi connectivity index (χ3n) is 4.35. The molecule has 1 aliphatic heterocycles. The van der Waals surface area contributed by atoms with Gasteiger partial charge in [-0.05, 0) is 44.7 Å². The van der Waals surface area contributed by atoms with Crippen LogP contribution in [0, 0.1) is 5.92 Å². The Kier molecular flexibility index (Phi) is 5.11. The van der Waals surface area contributed by atoms with E-state index in [2.05, 4.69) is 17.1 Å². The van der Waals surface area contributed by atoms with Gasteiger partial charge in [0.15, 0.2) is 0 Å². The topological polar surface area (TPSA) is 15.3 Å². The second kappa shape index (κ2) is 6.61. The highest BCUT2D eigenvalue weighted by atomic mass is 15.2. The van der Waals surface area contributed by atoms with Crippen molar-refractivity contribution in [3.63, 3.8) is 0 Å². The van der Waals surface area contributed by atoms with Gasteiger partial charge in [-0.25, -0.2) is 0 Å². The number of likely N-dealkylation sites (N-methyl/N-ethyl adjacent to an activating group) is 1. The third-order valence-corrected chi connectivity index (χ3v) is 4.35. The fraction of sp³-hybridized carbons (Fsp3) is 1.00. The van der Waals surface area contributed by atoms with Crippen LogP contribution in [0.1, 0.15) is 51.9 Å². The van der Waals surface area contributed by atoms with Crippen molar-refractivity contribution in [3.8, 4) is 0 Å². The van der Waals surface area contributed by atoms with Crippen molar-refractivity contribution in [2.75, 3.05) is 26.2 Å². The molecular formula is C14H28N2. The maximum atomic E-state index is 3.53. The molecule has 1 N–H and O–H groups in total. The lowest BCUT2D eigenvalue weighted by molar-refractivity contribution is 0.124. The van der Waals surface area contributed by atoms with Crippen molar-refractivity contribution in [1.29, 1.82) is 0 Å². The first-order chi connectivity index (χ1) is 7.90. The molecule has 1 saturated carbocycles. The van der Waals surface area contributed by atoms with Crippen molar-refractivity contribution in [3.05, 3.63) is 0 Å². The predicted molar refractivity (Wildman–Crippen MR) is 69.7 cm³/mol. The van der Waals surface area contributed by atoms with Crippen LogP contribution in [0.4, 0.5) is 0 Å². The smallest absolute Gasteiger partial charge is 0.0220 e. The van der Waals surface area contributed by atoms with E-state index >= 15 is 0 Å². The average Bonchev–Trinajstić information content (AvgIpc) is 2.81. The van der Waals surface area contributed by atoms with Crippen LogP contribution in [0.15, 0.2) is 0 Å². The number of hydrogen-bond donors (Lipinski definition) is 1. The number of nitrogens with one attached hydrogen (secondary N) is 1. The fourth-order valence-corrected chi connectivity index (χ4v) is 3.37. The van der Waals surface area contributed by atoms with E-state index in [0.717, 1.165) is 18.5 Å². The lowest BCUT2D eigenvalue weighted by Crippen LogP contribution is -2.47. The summed E-state index contributed by atoms with van der Waals surface area (Å²) in [6, 6.07) is 0.828. The van der Waals surface area contributed by atoms with E-state index < -0.39 is 0 Å². The molecule has 1 atom stereocenters. The van der Waals surface area contributed by atoms with Crippen molar-refractivity contribution in [2.45, 2.75) is 57.9 Å². The minimum atomic E-state index is 0.828. The molecule has 0 amide bonds. The molecule has 0 bridgehead atoms. The molecule has 1 heterocycles. The molecule has 94 valence electrons. The van der Waals surface area contributed by atoms with Crippen molar-refractivity contribution >= 4 is 0 Å². The number of hydrogen-bond acceptors (Lipinski definition) is 2. The highest BCUT2D eigenvalue weighted by Crippen LogP contribution is 2.27. The lowest BCUT2D eigenvalue weighted by Gasteiger charge is -2.37. The number of piperidine rings is 1. The van der Waals surface area contributed by atoms with E-state index in [1.807, 2.05) is 0 Å². The maximum absolute atomic E-state index is 3.53. The van der Waals surface area contributed by atoms with Gasteiger partial charge in [-0.3, -0.25) is 4.90 Å². The van der Waals surface area contributed by atoms with Gasteiger partial charge >= 0.3 is 0 Å². The van der Waals surface area contributed by atoms with Crippen molar-refractivity contribution < 1.29 is 0 Å². The number of rotatable bonds is 5. The van der Waals surface area contributed by atoms with Crippen LogP contribution in [0.2, 0.25) is 0 Å². The van der Waals surface area contributed by atoms with E-state index in [4.69, 9.17) is 0 Å². The van der Waals surface area contributed by atoms with Crippen LogP contribution in [0.3, 0.4) is 0 Å². The molecule has 1 saturated heterocycles. The summed E-state index contributed by atoms with van der Waals surface area (Å²) in [7, 11) is 0. The Morgan fingerprint density at radius 2 is 1.81 bits per heavy atom. The Labute approximate surface area is 101 Å². The van der Waals surface area contributed by atoms with Gasteiger partial charge in [0.2, 0.25) is 0 Å². The summed E-state index contributed by atoms with van der Waals surface area (Å²) in [5.74, 6) is 1.02. The molecule has 16 heavy (non-hydrogen) atoms. The van der Waals surface area contributed by atoms with Crippen LogP contribution in [0.25, 0.3) is 0 Å². The van der Waals surface area contributed by atoms with Crippen LogP contribution < -0.4 is 5.32 Å². The summed E-state index contributed by atoms with van der Waals surface area (Å²) in [6.07, 6.45) is 10.2. The van der Waals surface area contributed by atoms with Gasteiger partial charge in [-0.1, -0.05) is 26.2 Å². The molecule has 2 rings (SSSR count). The normalized spacial score (nSPS) is 28.7. The predicted octanol–water partition coefficient (Wildman–Crippen LogP) is 2.64. The van der Waals surface area contributed by atoms with Gasteiger partial charge < -0.3 is 5.32 Å². The molecule has 0 aromatic heterocycles. The molecule has 2 nitrogen and oxygen atoms in total. The molecule has 2 aliphatic rings. The van der Waals surface area contributed by atoms with Gasteiger partial charge in [-0.15, -0.1) is 0 Å². The van der Waals surface area contributed by atoms with Gasteiger partial charge in [0.25, 0.3) is 0 Å². The van der Waals surface area contributed by atoms with E-state index in [9.17, 15) is 0 Å². The quantitative estimate of drug-likeness (QED) is 0.772. The zero-order valence-electron chi connectivity index (χ0n) is 10.9. The molecule has 0 radical (unpaired) electrons. The van der Waals surface area contributed by atoms with Crippen LogP contribution in [-0.4, -0.2) is 37.1 Å². The first kappa shape index (κ1) is 12.4. The van der Waals surface area contributed by atoms with Crippen LogP contribution in [-0.2, 0) is 0 Å². The molecule has 0 aromatic rings. The molecule has 0 spiro atoms. The first-order valence-electron chi connectivity index (χ1n) is 7.35. The summed E-state index contributed by atoms with van der Waals surface area (Å²) in [4.78, 5) is 2.78. The minimum Gasteiger partial charge on any atom is -0.315 e. The molecule has 0 aromatic carbocycles. The summed E-state index contributed by atoms with van der Waals surface area (Å²) in [5, 5.41) is 3.53. The molecule has 2 heteroatoms. The van der Waals surface area contributed by atoms with Gasteiger partial charge in [0.1, 0.15) is 0 Å². The highest BCUT2D eigenvalue weighted by molar-refractivity contribution is 4.81. The molecular weight excluding hydrogens is 196 g/mol. The summed E-state index contributed by atoms with van der Waals surface area (Å²) < 4.78 is 0. The summed E-state index contributed by atoms with van der Waals surface area (Å²) in [5.41, 5.74) is 0. The minimum absolute atomic E-state index is 0.828. The Morgan fingerprint density at radius 3 is 2.56 bits per heavy atom. The second-order valence-electron chi connectivity index (χ2n) is 5.60. The highest BCUT2D eigenvalue weighted by Gasteiger charge is 2.25. The summed E-state index contributed by atoms with van der Waals surface area (Å²) >= 11 is 0. The Hall–Kier alpha value is -0.0800. The van der Waals surface area contributed by atoms with E-state index in [1.165, 1.54) is 64.6 Å². The molecule has 2 fully saturated rings. The summed E-state index contributed by atoms with van der Waals surface area (Å²) in [6.45, 7) is 7.28. The van der Waals surface area contributed by atoms with Crippen molar-refractivity contribution in [1.82, 2.24) is 10.2 Å². The Bertz CT molecular complexity index is 187. The van der Waals surface area contributed by atoms with Gasteiger partial charge in [0, 0.05) is 19.1 Å². The van der Waals surface area contributed by atoms with Gasteiger partial charge in [-0.2, -0.15) is 0 Å². The fourth-order valence-electron chi connectivity index (χ4n) is 3.37. The largest absolute Gasteiger partial charge is 0.315 e. The molecule has 1 aliphatic carbocycles. The average molecular weight is 224 g/mol. The van der Waals surface area contributed by atoms with E-state index in [0.29, 0.717) is 0 Å². The zero-order chi connectivity index (χ0) is 11.2. The second-order valence-corrected chi connectivity index (χ2v) is 5.60. The van der Waals surface area contributed by atoms with Crippen LogP contribution in [0.5, 0.6) is 0 Å². The Balaban J connectivity index is 1.78. The zero-order valence-corrected chi connectivity index (χ0v) is 10.9. The van der Waals surface area contributed by atoms with E-state index in [-0.39, 0.29) is 0 Å². The first-order valence-corrected chi connectivity index (χ1v) is 7.35. The SMILES string of the molecule is CCNCC1CCCCN1CC1CCCC1. The van der Waals surface area contributed by atoms with Crippen molar-refractivity contribution in [2.24, 2.45) is 5.92 Å². The monoisotopic (exact) mass is 224 g/mol. The number of likely N-dealkylation sites (tertiary alicyclic amines) is 1. The van der Waals surface area contributed by atoms with Crippen LogP contribution >= 0.6 is 0 Å². The molecule has 1 unspecified atom stereocenters. The number of nitrogens with zero attached hydrogens (tertiary/aromatic N) is 1.